The van der Waals surface area contributed by atoms with Crippen LogP contribution in [0, 0.1) is 0 Å². The molecule has 1 aromatic carbocycles. The van der Waals surface area contributed by atoms with E-state index in [4.69, 9.17) is 9.47 Å². The maximum atomic E-state index is 5.31. The van der Waals surface area contributed by atoms with E-state index in [9.17, 15) is 0 Å². The van der Waals surface area contributed by atoms with E-state index < -0.39 is 0 Å². The van der Waals surface area contributed by atoms with Crippen molar-refractivity contribution in [2.24, 2.45) is 0 Å². The number of ether oxygens (including phenoxy) is 2. The maximum absolute atomic E-state index is 5.31. The lowest BCUT2D eigenvalue weighted by Gasteiger charge is -2.08. The topological polar surface area (TPSA) is 43.4 Å². The number of hydrogen-bond donors (Lipinski definition) is 1. The van der Waals surface area contributed by atoms with Gasteiger partial charge in [-0.25, -0.2) is 4.98 Å². The van der Waals surface area contributed by atoms with Gasteiger partial charge in [0.25, 0.3) is 0 Å². The van der Waals surface area contributed by atoms with Crippen LogP contribution in [-0.2, 0) is 0 Å². The molecule has 1 atom stereocenters. The van der Waals surface area contributed by atoms with Gasteiger partial charge in [0, 0.05) is 10.9 Å². The van der Waals surface area contributed by atoms with Crippen molar-refractivity contribution in [3.8, 4) is 22.8 Å². The zero-order valence-electron chi connectivity index (χ0n) is 11.6. The van der Waals surface area contributed by atoms with Crippen molar-refractivity contribution in [3.05, 3.63) is 28.6 Å². The predicted octanol–water partition coefficient (Wildman–Crippen LogP) is 3.11. The molecule has 0 saturated carbocycles. The lowest BCUT2D eigenvalue weighted by Crippen LogP contribution is -2.11. The van der Waals surface area contributed by atoms with Crippen molar-refractivity contribution < 1.29 is 9.47 Å². The molecule has 102 valence electrons. The monoisotopic (exact) mass is 278 g/mol. The van der Waals surface area contributed by atoms with E-state index in [2.05, 4.69) is 22.6 Å². The van der Waals surface area contributed by atoms with Crippen LogP contribution in [0.3, 0.4) is 0 Å². The molecule has 0 radical (unpaired) electrons. The molecule has 2 rings (SSSR count). The number of methoxy groups -OCH3 is 2. The Kier molecular flexibility index (Phi) is 4.39. The molecule has 0 bridgehead atoms. The second kappa shape index (κ2) is 6.04. The Balaban J connectivity index is 2.34. The van der Waals surface area contributed by atoms with Crippen molar-refractivity contribution in [1.29, 1.82) is 0 Å². The maximum Gasteiger partial charge on any atom is 0.161 e. The first-order valence-corrected chi connectivity index (χ1v) is 6.92. The van der Waals surface area contributed by atoms with Gasteiger partial charge in [0.1, 0.15) is 5.01 Å². The predicted molar refractivity (Wildman–Crippen MR) is 78.1 cm³/mol. The summed E-state index contributed by atoms with van der Waals surface area (Å²) in [6, 6.07) is 6.10. The van der Waals surface area contributed by atoms with Crippen molar-refractivity contribution in [1.82, 2.24) is 10.3 Å². The second-order valence-electron chi connectivity index (χ2n) is 4.15. The van der Waals surface area contributed by atoms with Gasteiger partial charge >= 0.3 is 0 Å². The first kappa shape index (κ1) is 13.8. The average molecular weight is 278 g/mol. The SMILES string of the molecule is CNC(C)c1nc(-c2ccc(OC)c(OC)c2)cs1. The number of rotatable bonds is 5. The molecule has 0 spiro atoms. The van der Waals surface area contributed by atoms with Crippen molar-refractivity contribution >= 4 is 11.3 Å². The summed E-state index contributed by atoms with van der Waals surface area (Å²) in [5, 5.41) is 6.33. The van der Waals surface area contributed by atoms with Crippen molar-refractivity contribution in [2.45, 2.75) is 13.0 Å². The van der Waals surface area contributed by atoms with E-state index in [0.717, 1.165) is 27.8 Å². The molecule has 0 aliphatic heterocycles. The first-order valence-electron chi connectivity index (χ1n) is 6.04. The zero-order valence-corrected chi connectivity index (χ0v) is 12.4. The molecule has 19 heavy (non-hydrogen) atoms. The van der Waals surface area contributed by atoms with Gasteiger partial charge in [-0.15, -0.1) is 11.3 Å². The van der Waals surface area contributed by atoms with Crippen LogP contribution >= 0.6 is 11.3 Å². The van der Waals surface area contributed by atoms with Gasteiger partial charge in [0.05, 0.1) is 26.0 Å². The van der Waals surface area contributed by atoms with E-state index in [1.807, 2.05) is 25.2 Å². The Bertz CT molecular complexity index is 554. The normalized spacial score (nSPS) is 12.2. The summed E-state index contributed by atoms with van der Waals surface area (Å²) < 4.78 is 10.5. The number of nitrogens with zero attached hydrogens (tertiary/aromatic N) is 1. The molecule has 1 N–H and O–H groups in total. The van der Waals surface area contributed by atoms with Gasteiger partial charge in [-0.1, -0.05) is 0 Å². The summed E-state index contributed by atoms with van der Waals surface area (Å²) in [5.41, 5.74) is 1.99. The van der Waals surface area contributed by atoms with E-state index in [1.165, 1.54) is 0 Å². The molecule has 0 saturated heterocycles. The number of hydrogen-bond acceptors (Lipinski definition) is 5. The molecule has 0 fully saturated rings. The van der Waals surface area contributed by atoms with Crippen LogP contribution in [0.15, 0.2) is 23.6 Å². The number of nitrogens with one attached hydrogen (secondary N) is 1. The largest absolute Gasteiger partial charge is 0.493 e. The van der Waals surface area contributed by atoms with Gasteiger partial charge in [0.15, 0.2) is 11.5 Å². The first-order chi connectivity index (χ1) is 9.19. The molecular formula is C14H18N2O2S. The Morgan fingerprint density at radius 1 is 1.21 bits per heavy atom. The third-order valence-electron chi connectivity index (χ3n) is 3.00. The molecule has 1 aromatic heterocycles. The fourth-order valence-electron chi connectivity index (χ4n) is 1.74. The summed E-state index contributed by atoms with van der Waals surface area (Å²) >= 11 is 1.65. The molecule has 5 heteroatoms. The molecule has 0 aliphatic rings. The summed E-state index contributed by atoms with van der Waals surface area (Å²) in [4.78, 5) is 4.64. The Labute approximate surface area is 117 Å². The highest BCUT2D eigenvalue weighted by atomic mass is 32.1. The smallest absolute Gasteiger partial charge is 0.161 e. The van der Waals surface area contributed by atoms with Crippen LogP contribution in [0.1, 0.15) is 18.0 Å². The van der Waals surface area contributed by atoms with Crippen molar-refractivity contribution in [3.63, 3.8) is 0 Å². The fraction of sp³-hybridized carbons (Fsp3) is 0.357. The Hall–Kier alpha value is -1.59. The van der Waals surface area contributed by atoms with E-state index >= 15 is 0 Å². The molecule has 0 amide bonds. The van der Waals surface area contributed by atoms with Crippen LogP contribution in [0.2, 0.25) is 0 Å². The number of aromatic nitrogens is 1. The highest BCUT2D eigenvalue weighted by molar-refractivity contribution is 7.10. The number of thiazole rings is 1. The summed E-state index contributed by atoms with van der Waals surface area (Å²) in [7, 11) is 5.20. The second-order valence-corrected chi connectivity index (χ2v) is 5.04. The van der Waals surface area contributed by atoms with Gasteiger partial charge in [0.2, 0.25) is 0 Å². The fourth-order valence-corrected chi connectivity index (χ4v) is 2.63. The van der Waals surface area contributed by atoms with Gasteiger partial charge in [-0.2, -0.15) is 0 Å². The third-order valence-corrected chi connectivity index (χ3v) is 4.03. The highest BCUT2D eigenvalue weighted by Crippen LogP contribution is 2.33. The molecule has 1 heterocycles. The third kappa shape index (κ3) is 2.88. The number of benzene rings is 1. The Morgan fingerprint density at radius 2 is 1.95 bits per heavy atom. The van der Waals surface area contributed by atoms with E-state index in [0.29, 0.717) is 0 Å². The van der Waals surface area contributed by atoms with E-state index in [1.54, 1.807) is 25.6 Å². The minimum atomic E-state index is 0.263. The van der Waals surface area contributed by atoms with Crippen LogP contribution in [0.5, 0.6) is 11.5 Å². The van der Waals surface area contributed by atoms with Gasteiger partial charge in [-0.3, -0.25) is 0 Å². The summed E-state index contributed by atoms with van der Waals surface area (Å²) in [5.74, 6) is 1.45. The van der Waals surface area contributed by atoms with Crippen LogP contribution in [0.4, 0.5) is 0 Å². The molecule has 2 aromatic rings. The minimum absolute atomic E-state index is 0.263. The molecular weight excluding hydrogens is 260 g/mol. The molecule has 4 nitrogen and oxygen atoms in total. The van der Waals surface area contributed by atoms with Crippen molar-refractivity contribution in [2.75, 3.05) is 21.3 Å². The molecule has 1 unspecified atom stereocenters. The van der Waals surface area contributed by atoms with Crippen LogP contribution in [-0.4, -0.2) is 26.3 Å². The lowest BCUT2D eigenvalue weighted by molar-refractivity contribution is 0.355. The molecule has 0 aliphatic carbocycles. The average Bonchev–Trinajstić information content (AvgIpc) is 2.95. The quantitative estimate of drug-likeness (QED) is 0.912. The van der Waals surface area contributed by atoms with Gasteiger partial charge in [-0.05, 0) is 32.2 Å². The standard InChI is InChI=1S/C14H18N2O2S/c1-9(15-2)14-16-11(8-19-14)10-5-6-12(17-3)13(7-10)18-4/h5-9,15H,1-4H3. The zero-order chi connectivity index (χ0) is 13.8. The summed E-state index contributed by atoms with van der Waals surface area (Å²) in [6.07, 6.45) is 0. The lowest BCUT2D eigenvalue weighted by atomic mass is 10.1. The Morgan fingerprint density at radius 3 is 2.58 bits per heavy atom. The van der Waals surface area contributed by atoms with E-state index in [-0.39, 0.29) is 6.04 Å². The summed E-state index contributed by atoms with van der Waals surface area (Å²) in [6.45, 7) is 2.09. The van der Waals surface area contributed by atoms with Crippen LogP contribution in [0.25, 0.3) is 11.3 Å². The van der Waals surface area contributed by atoms with Crippen LogP contribution < -0.4 is 14.8 Å². The minimum Gasteiger partial charge on any atom is -0.493 e. The highest BCUT2D eigenvalue weighted by Gasteiger charge is 2.11. The van der Waals surface area contributed by atoms with Gasteiger partial charge < -0.3 is 14.8 Å².